The number of nitrogens with zero attached hydrogens (tertiary/aromatic N) is 4. The molecule has 0 bridgehead atoms. The zero-order chi connectivity index (χ0) is 19.8. The molecule has 28 heavy (non-hydrogen) atoms. The first-order valence-electron chi connectivity index (χ1n) is 8.73. The minimum atomic E-state index is -0.0536. The number of likely N-dealkylation sites (N-methyl/N-ethyl adjacent to an activating group) is 1. The molecule has 0 saturated carbocycles. The van der Waals surface area contributed by atoms with Crippen LogP contribution in [-0.4, -0.2) is 46.7 Å². The van der Waals surface area contributed by atoms with E-state index in [9.17, 15) is 4.79 Å². The lowest BCUT2D eigenvalue weighted by Gasteiger charge is -2.13. The molecular weight excluding hydrogens is 349 g/mol. The van der Waals surface area contributed by atoms with E-state index in [1.807, 2.05) is 49.4 Å². The maximum absolute atomic E-state index is 12.1. The molecule has 1 aliphatic rings. The fourth-order valence-corrected chi connectivity index (χ4v) is 3.01. The van der Waals surface area contributed by atoms with Gasteiger partial charge in [0.05, 0.1) is 22.5 Å². The lowest BCUT2D eigenvalue weighted by Crippen LogP contribution is -2.27. The van der Waals surface area contributed by atoms with Gasteiger partial charge in [-0.1, -0.05) is 24.0 Å². The molecule has 3 aromatic rings. The van der Waals surface area contributed by atoms with Crippen molar-refractivity contribution in [1.29, 1.82) is 0 Å². The lowest BCUT2D eigenvalue weighted by molar-refractivity contribution is -0.125. The third kappa shape index (κ3) is 3.21. The quantitative estimate of drug-likeness (QED) is 0.518. The molecule has 1 aromatic carbocycles. The summed E-state index contributed by atoms with van der Waals surface area (Å²) in [5.74, 6) is 6.23. The van der Waals surface area contributed by atoms with Crippen LogP contribution < -0.4 is 11.5 Å². The molecule has 0 saturated heterocycles. The van der Waals surface area contributed by atoms with E-state index in [0.717, 1.165) is 16.8 Å². The number of pyridine rings is 1. The van der Waals surface area contributed by atoms with E-state index in [-0.39, 0.29) is 23.5 Å². The molecule has 0 aliphatic carbocycles. The van der Waals surface area contributed by atoms with Gasteiger partial charge in [-0.3, -0.25) is 4.79 Å². The highest BCUT2D eigenvalue weighted by atomic mass is 16.2. The number of benzene rings is 1. The van der Waals surface area contributed by atoms with Crippen molar-refractivity contribution >= 4 is 36.3 Å². The molecule has 4 rings (SSSR count). The van der Waals surface area contributed by atoms with Gasteiger partial charge in [0.1, 0.15) is 5.52 Å². The Labute approximate surface area is 163 Å². The van der Waals surface area contributed by atoms with Crippen LogP contribution in [0, 0.1) is 11.8 Å². The van der Waals surface area contributed by atoms with E-state index >= 15 is 0 Å². The van der Waals surface area contributed by atoms with Crippen LogP contribution in [0.5, 0.6) is 0 Å². The number of fused-ring (bicyclic) bond motifs is 1. The van der Waals surface area contributed by atoms with Gasteiger partial charge in [-0.25, -0.2) is 15.0 Å². The Bertz CT molecular complexity index is 1210. The molecule has 1 atom stereocenters. The predicted molar refractivity (Wildman–Crippen MR) is 110 cm³/mol. The number of aromatic nitrogens is 3. The minimum Gasteiger partial charge on any atom is -0.382 e. The van der Waals surface area contributed by atoms with E-state index < -0.39 is 0 Å². The summed E-state index contributed by atoms with van der Waals surface area (Å²) in [6.07, 6.45) is 1.87. The van der Waals surface area contributed by atoms with Gasteiger partial charge < -0.3 is 10.6 Å². The Morgan fingerprint density at radius 2 is 1.96 bits per heavy atom. The van der Waals surface area contributed by atoms with Gasteiger partial charge in [-0.05, 0) is 37.3 Å². The van der Waals surface area contributed by atoms with Crippen molar-refractivity contribution in [2.45, 2.75) is 13.0 Å². The second kappa shape index (κ2) is 6.82. The van der Waals surface area contributed by atoms with E-state index in [0.29, 0.717) is 16.6 Å². The smallest absolute Gasteiger partial charge is 0.262 e. The molecule has 1 amide bonds. The van der Waals surface area contributed by atoms with Crippen molar-refractivity contribution in [3.05, 3.63) is 53.6 Å². The molecule has 7 heteroatoms. The Balaban J connectivity index is 1.69. The molecule has 2 radical (unpaired) electrons. The highest BCUT2D eigenvalue weighted by Crippen LogP contribution is 2.22. The summed E-state index contributed by atoms with van der Waals surface area (Å²) in [4.78, 5) is 26.5. The molecule has 0 unspecified atom stereocenters. The van der Waals surface area contributed by atoms with E-state index in [1.165, 1.54) is 0 Å². The molecule has 2 N–H and O–H groups in total. The van der Waals surface area contributed by atoms with Crippen LogP contribution in [0.4, 0.5) is 5.82 Å². The standard InChI is InChI=1S/C21H16BN5O/c1-12-10-15(20(28)27(12)2)7-6-13-4-3-5-14(11-13)16-8-9-17-18(24-16)19(23)26-21(22)25-17/h3-5,8-12H,1-2H3,(H2,23,25,26)/t12-/m1/s1. The monoisotopic (exact) mass is 365 g/mol. The summed E-state index contributed by atoms with van der Waals surface area (Å²) in [6.45, 7) is 1.96. The van der Waals surface area contributed by atoms with Crippen LogP contribution >= 0.6 is 0 Å². The molecule has 2 aromatic heterocycles. The van der Waals surface area contributed by atoms with Gasteiger partial charge in [0, 0.05) is 24.2 Å². The summed E-state index contributed by atoms with van der Waals surface area (Å²) < 4.78 is 0. The second-order valence-corrected chi connectivity index (χ2v) is 6.60. The Morgan fingerprint density at radius 3 is 2.71 bits per heavy atom. The van der Waals surface area contributed by atoms with E-state index in [1.54, 1.807) is 11.9 Å². The van der Waals surface area contributed by atoms with Crippen LogP contribution in [0.3, 0.4) is 0 Å². The average molecular weight is 365 g/mol. The van der Waals surface area contributed by atoms with Gasteiger partial charge in [0.15, 0.2) is 13.7 Å². The van der Waals surface area contributed by atoms with Crippen LogP contribution in [0.25, 0.3) is 22.3 Å². The van der Waals surface area contributed by atoms with Crippen LogP contribution in [0.1, 0.15) is 12.5 Å². The van der Waals surface area contributed by atoms with Crippen LogP contribution in [0.2, 0.25) is 0 Å². The SMILES string of the molecule is [B]c1nc(N)c2nc(-c3cccc(C#CC4=C[C@@H](C)N(C)C4=O)c3)ccc2n1. The predicted octanol–water partition coefficient (Wildman–Crippen LogP) is 1.21. The fraction of sp³-hybridized carbons (Fsp3) is 0.143. The Hall–Kier alpha value is -3.66. The maximum Gasteiger partial charge on any atom is 0.262 e. The molecule has 1 aliphatic heterocycles. The number of hydrogen-bond donors (Lipinski definition) is 1. The van der Waals surface area contributed by atoms with Crippen molar-refractivity contribution in [3.8, 4) is 23.1 Å². The third-order valence-electron chi connectivity index (χ3n) is 4.66. The molecule has 134 valence electrons. The number of nitrogen functional groups attached to an aromatic ring is 1. The zero-order valence-electron chi connectivity index (χ0n) is 15.5. The first kappa shape index (κ1) is 17.7. The first-order valence-corrected chi connectivity index (χ1v) is 8.73. The normalized spacial score (nSPS) is 16.1. The van der Waals surface area contributed by atoms with E-state index in [2.05, 4.69) is 26.8 Å². The summed E-state index contributed by atoms with van der Waals surface area (Å²) in [6, 6.07) is 11.4. The number of carbonyl (C=O) groups is 1. The largest absolute Gasteiger partial charge is 0.382 e. The Kier molecular flexibility index (Phi) is 4.32. The number of nitrogens with two attached hydrogens (primary N) is 1. The summed E-state index contributed by atoms with van der Waals surface area (Å²) in [5, 5.41) is 0. The van der Waals surface area contributed by atoms with Gasteiger partial charge in [-0.2, -0.15) is 0 Å². The van der Waals surface area contributed by atoms with Gasteiger partial charge in [0.2, 0.25) is 0 Å². The number of anilines is 1. The van der Waals surface area contributed by atoms with Gasteiger partial charge in [0.25, 0.3) is 5.91 Å². The van der Waals surface area contributed by atoms with Crippen molar-refractivity contribution in [2.75, 3.05) is 12.8 Å². The highest BCUT2D eigenvalue weighted by molar-refractivity contribution is 6.29. The number of rotatable bonds is 1. The summed E-state index contributed by atoms with van der Waals surface area (Å²) >= 11 is 0. The van der Waals surface area contributed by atoms with Crippen LogP contribution in [0.15, 0.2) is 48.0 Å². The average Bonchev–Trinajstić information content (AvgIpc) is 2.93. The van der Waals surface area contributed by atoms with Gasteiger partial charge in [-0.15, -0.1) is 0 Å². The van der Waals surface area contributed by atoms with Crippen molar-refractivity contribution in [2.24, 2.45) is 0 Å². The lowest BCUT2D eigenvalue weighted by atomic mass is 10.1. The summed E-state index contributed by atoms with van der Waals surface area (Å²) in [5.41, 5.74) is 10.0. The molecule has 0 fully saturated rings. The zero-order valence-corrected chi connectivity index (χ0v) is 15.5. The van der Waals surface area contributed by atoms with Gasteiger partial charge >= 0.3 is 0 Å². The van der Waals surface area contributed by atoms with Crippen molar-refractivity contribution in [3.63, 3.8) is 0 Å². The molecule has 3 heterocycles. The molecular formula is C21H16BN5O. The molecule has 6 nitrogen and oxygen atoms in total. The highest BCUT2D eigenvalue weighted by Gasteiger charge is 2.24. The number of carbonyl (C=O) groups excluding carboxylic acids is 1. The number of amides is 1. The van der Waals surface area contributed by atoms with Crippen molar-refractivity contribution in [1.82, 2.24) is 19.9 Å². The third-order valence-corrected chi connectivity index (χ3v) is 4.66. The minimum absolute atomic E-state index is 0.0536. The molecule has 0 spiro atoms. The summed E-state index contributed by atoms with van der Waals surface area (Å²) in [7, 11) is 7.40. The Morgan fingerprint density at radius 1 is 1.14 bits per heavy atom. The van der Waals surface area contributed by atoms with Crippen LogP contribution in [-0.2, 0) is 4.79 Å². The second-order valence-electron chi connectivity index (χ2n) is 6.60. The maximum atomic E-state index is 12.1. The number of hydrogen-bond acceptors (Lipinski definition) is 5. The van der Waals surface area contributed by atoms with Crippen molar-refractivity contribution < 1.29 is 4.79 Å². The fourth-order valence-electron chi connectivity index (χ4n) is 3.01. The first-order chi connectivity index (χ1) is 13.4. The van der Waals surface area contributed by atoms with E-state index in [4.69, 9.17) is 13.6 Å². The topological polar surface area (TPSA) is 85.0 Å².